The summed E-state index contributed by atoms with van der Waals surface area (Å²) in [5, 5.41) is 0. The number of hydrogen-bond acceptors (Lipinski definition) is 2. The van der Waals surface area contributed by atoms with Gasteiger partial charge in [0.25, 0.3) is 0 Å². The van der Waals surface area contributed by atoms with Gasteiger partial charge in [-0.25, -0.2) is 0 Å². The summed E-state index contributed by atoms with van der Waals surface area (Å²) in [4.78, 5) is 0. The van der Waals surface area contributed by atoms with Gasteiger partial charge in [-0.2, -0.15) is 0 Å². The van der Waals surface area contributed by atoms with Crippen molar-refractivity contribution < 1.29 is 9.47 Å². The van der Waals surface area contributed by atoms with Crippen molar-refractivity contribution in [3.8, 4) is 0 Å². The predicted molar refractivity (Wildman–Crippen MR) is 76.4 cm³/mol. The average molecular weight is 248 g/mol. The Bertz CT molecular complexity index is 313. The molecule has 0 fully saturated rings. The van der Waals surface area contributed by atoms with Gasteiger partial charge in [-0.3, -0.25) is 0 Å². The van der Waals surface area contributed by atoms with Crippen molar-refractivity contribution in [3.63, 3.8) is 0 Å². The molecule has 0 atom stereocenters. The Kier molecular flexibility index (Phi) is 8.19. The first-order chi connectivity index (χ1) is 8.86. The quantitative estimate of drug-likeness (QED) is 0.480. The van der Waals surface area contributed by atoms with Crippen molar-refractivity contribution in [2.75, 3.05) is 13.2 Å². The Balaban J connectivity index is 2.19. The first-order valence-corrected chi connectivity index (χ1v) is 6.81. The molecule has 0 bridgehead atoms. The van der Waals surface area contributed by atoms with Crippen molar-refractivity contribution in [1.82, 2.24) is 0 Å². The second kappa shape index (κ2) is 9.86. The molecule has 0 aliphatic rings. The van der Waals surface area contributed by atoms with Crippen LogP contribution in [0.5, 0.6) is 0 Å². The molecule has 1 rings (SSSR count). The number of rotatable bonds is 9. The predicted octanol–water partition coefficient (Wildman–Crippen LogP) is 4.27. The lowest BCUT2D eigenvalue weighted by Crippen LogP contribution is -2.16. The molecule has 2 nitrogen and oxygen atoms in total. The fourth-order valence-corrected chi connectivity index (χ4v) is 1.77. The summed E-state index contributed by atoms with van der Waals surface area (Å²) in [6, 6.07) is 10.4. The number of unbranched alkanes of at least 4 members (excludes halogenated alkanes) is 1. The van der Waals surface area contributed by atoms with Crippen LogP contribution in [0.15, 0.2) is 36.4 Å². The van der Waals surface area contributed by atoms with Crippen LogP contribution in [0, 0.1) is 0 Å². The summed E-state index contributed by atoms with van der Waals surface area (Å²) < 4.78 is 11.0. The van der Waals surface area contributed by atoms with E-state index in [-0.39, 0.29) is 6.29 Å². The zero-order valence-electron chi connectivity index (χ0n) is 11.5. The van der Waals surface area contributed by atoms with Crippen molar-refractivity contribution in [1.29, 1.82) is 0 Å². The van der Waals surface area contributed by atoms with Gasteiger partial charge < -0.3 is 9.47 Å². The summed E-state index contributed by atoms with van der Waals surface area (Å²) in [7, 11) is 0. The molecule has 0 radical (unpaired) electrons. The van der Waals surface area contributed by atoms with Crippen molar-refractivity contribution >= 4 is 6.08 Å². The Labute approximate surface area is 111 Å². The van der Waals surface area contributed by atoms with E-state index in [1.54, 1.807) is 0 Å². The summed E-state index contributed by atoms with van der Waals surface area (Å²) in [6.45, 7) is 5.43. The molecular formula is C16H24O2. The topological polar surface area (TPSA) is 18.5 Å². The molecule has 0 saturated heterocycles. The van der Waals surface area contributed by atoms with E-state index in [9.17, 15) is 0 Å². The number of allylic oxidation sites excluding steroid dienone is 1. The highest BCUT2D eigenvalue weighted by Crippen LogP contribution is 2.09. The van der Waals surface area contributed by atoms with E-state index in [4.69, 9.17) is 9.47 Å². The summed E-state index contributed by atoms with van der Waals surface area (Å²) in [5.41, 5.74) is 1.25. The fourth-order valence-electron chi connectivity index (χ4n) is 1.77. The first kappa shape index (κ1) is 14.9. The molecule has 0 amide bonds. The minimum atomic E-state index is -0.0369. The fraction of sp³-hybridized carbons (Fsp3) is 0.500. The Morgan fingerprint density at radius 2 is 1.72 bits per heavy atom. The molecule has 0 aromatic heterocycles. The molecule has 18 heavy (non-hydrogen) atoms. The lowest BCUT2D eigenvalue weighted by atomic mass is 10.1. The van der Waals surface area contributed by atoms with Gasteiger partial charge in [-0.15, -0.1) is 0 Å². The van der Waals surface area contributed by atoms with E-state index in [1.165, 1.54) is 5.56 Å². The average Bonchev–Trinajstić information content (AvgIpc) is 2.40. The molecule has 0 heterocycles. The zero-order valence-corrected chi connectivity index (χ0v) is 11.5. The second-order valence-corrected chi connectivity index (χ2v) is 4.08. The smallest absolute Gasteiger partial charge is 0.157 e. The van der Waals surface area contributed by atoms with E-state index in [2.05, 4.69) is 36.4 Å². The summed E-state index contributed by atoms with van der Waals surface area (Å²) >= 11 is 0. The molecule has 0 unspecified atom stereocenters. The molecule has 0 saturated carbocycles. The third-order valence-electron chi connectivity index (χ3n) is 2.63. The maximum absolute atomic E-state index is 5.50. The van der Waals surface area contributed by atoms with Crippen LogP contribution < -0.4 is 0 Å². The Morgan fingerprint density at radius 3 is 2.33 bits per heavy atom. The molecule has 1 aromatic rings. The maximum Gasteiger partial charge on any atom is 0.157 e. The van der Waals surface area contributed by atoms with Crippen LogP contribution in [0.4, 0.5) is 0 Å². The minimum Gasteiger partial charge on any atom is -0.353 e. The minimum absolute atomic E-state index is 0.0369. The standard InChI is InChI=1S/C16H24O2/c1-3-17-16(18-4-2)14-10-6-9-13-15-11-7-5-8-12-15/h5,7-9,11-13,16H,3-4,6,10,14H2,1-2H3/b13-9+. The highest BCUT2D eigenvalue weighted by atomic mass is 16.7. The normalized spacial score (nSPS) is 11.5. The van der Waals surface area contributed by atoms with Crippen LogP contribution in [-0.4, -0.2) is 19.5 Å². The largest absolute Gasteiger partial charge is 0.353 e. The van der Waals surface area contributed by atoms with E-state index in [0.717, 1.165) is 19.3 Å². The van der Waals surface area contributed by atoms with Gasteiger partial charge in [0.05, 0.1) is 0 Å². The number of benzene rings is 1. The monoisotopic (exact) mass is 248 g/mol. The molecule has 100 valence electrons. The first-order valence-electron chi connectivity index (χ1n) is 6.81. The zero-order chi connectivity index (χ0) is 13.1. The van der Waals surface area contributed by atoms with Gasteiger partial charge >= 0.3 is 0 Å². The van der Waals surface area contributed by atoms with Gasteiger partial charge in [0, 0.05) is 13.2 Å². The van der Waals surface area contributed by atoms with Crippen LogP contribution in [-0.2, 0) is 9.47 Å². The molecule has 0 spiro atoms. The summed E-state index contributed by atoms with van der Waals surface area (Å²) in [5.74, 6) is 0. The Hall–Kier alpha value is -1.12. The van der Waals surface area contributed by atoms with E-state index < -0.39 is 0 Å². The third-order valence-corrected chi connectivity index (χ3v) is 2.63. The van der Waals surface area contributed by atoms with Crippen LogP contribution in [0.3, 0.4) is 0 Å². The molecule has 1 aromatic carbocycles. The van der Waals surface area contributed by atoms with E-state index >= 15 is 0 Å². The highest BCUT2D eigenvalue weighted by molar-refractivity contribution is 5.48. The van der Waals surface area contributed by atoms with Gasteiger partial charge in [-0.05, 0) is 38.7 Å². The lowest BCUT2D eigenvalue weighted by molar-refractivity contribution is -0.139. The number of hydrogen-bond donors (Lipinski definition) is 0. The Morgan fingerprint density at radius 1 is 1.06 bits per heavy atom. The van der Waals surface area contributed by atoms with Gasteiger partial charge in [0.2, 0.25) is 0 Å². The van der Waals surface area contributed by atoms with Crippen LogP contribution in [0.2, 0.25) is 0 Å². The SMILES string of the molecule is CCOC(CCC/C=C/c1ccccc1)OCC. The highest BCUT2D eigenvalue weighted by Gasteiger charge is 2.05. The third kappa shape index (κ3) is 6.58. The van der Waals surface area contributed by atoms with Gasteiger partial charge in [-0.1, -0.05) is 42.5 Å². The summed E-state index contributed by atoms with van der Waals surface area (Å²) in [6.07, 6.45) is 7.45. The second-order valence-electron chi connectivity index (χ2n) is 4.08. The molecule has 0 aliphatic carbocycles. The van der Waals surface area contributed by atoms with E-state index in [0.29, 0.717) is 13.2 Å². The van der Waals surface area contributed by atoms with Gasteiger partial charge in [0.1, 0.15) is 0 Å². The van der Waals surface area contributed by atoms with Crippen LogP contribution in [0.1, 0.15) is 38.7 Å². The lowest BCUT2D eigenvalue weighted by Gasteiger charge is -2.15. The van der Waals surface area contributed by atoms with Crippen molar-refractivity contribution in [2.24, 2.45) is 0 Å². The molecular weight excluding hydrogens is 224 g/mol. The van der Waals surface area contributed by atoms with Crippen LogP contribution >= 0.6 is 0 Å². The van der Waals surface area contributed by atoms with Crippen molar-refractivity contribution in [3.05, 3.63) is 42.0 Å². The van der Waals surface area contributed by atoms with E-state index in [1.807, 2.05) is 19.9 Å². The number of ether oxygens (including phenoxy) is 2. The maximum atomic E-state index is 5.50. The van der Waals surface area contributed by atoms with Crippen molar-refractivity contribution in [2.45, 2.75) is 39.4 Å². The molecule has 0 aliphatic heterocycles. The van der Waals surface area contributed by atoms with Gasteiger partial charge in [0.15, 0.2) is 6.29 Å². The molecule has 2 heteroatoms. The van der Waals surface area contributed by atoms with Crippen LogP contribution in [0.25, 0.3) is 6.08 Å². The molecule has 0 N–H and O–H groups in total.